The molecule has 0 bridgehead atoms. The van der Waals surface area contributed by atoms with Crippen molar-refractivity contribution in [3.63, 3.8) is 0 Å². The quantitative estimate of drug-likeness (QED) is 0.851. The zero-order valence-electron chi connectivity index (χ0n) is 10.2. The topological polar surface area (TPSA) is 15.3 Å². The molecular formula is C12H18Br2N2S. The van der Waals surface area contributed by atoms with E-state index in [4.69, 9.17) is 0 Å². The second kappa shape index (κ2) is 6.15. The van der Waals surface area contributed by atoms with Gasteiger partial charge in [-0.3, -0.25) is 4.90 Å². The molecule has 2 rings (SSSR count). The number of likely N-dealkylation sites (tertiary alicyclic amines) is 1. The molecule has 2 heterocycles. The Morgan fingerprint density at radius 2 is 2.29 bits per heavy atom. The summed E-state index contributed by atoms with van der Waals surface area (Å²) in [7, 11) is 2.05. The van der Waals surface area contributed by atoms with Crippen LogP contribution in [0.1, 0.15) is 24.3 Å². The van der Waals surface area contributed by atoms with Crippen LogP contribution >= 0.6 is 43.2 Å². The van der Waals surface area contributed by atoms with Crippen molar-refractivity contribution >= 4 is 43.2 Å². The van der Waals surface area contributed by atoms with Crippen LogP contribution in [0.2, 0.25) is 0 Å². The monoisotopic (exact) mass is 380 g/mol. The van der Waals surface area contributed by atoms with E-state index < -0.39 is 0 Å². The first-order valence-corrected chi connectivity index (χ1v) is 8.41. The molecule has 5 heteroatoms. The Morgan fingerprint density at radius 3 is 2.82 bits per heavy atom. The minimum absolute atomic E-state index is 0.583. The molecule has 0 aliphatic carbocycles. The van der Waals surface area contributed by atoms with Gasteiger partial charge in [0.2, 0.25) is 0 Å². The molecule has 1 aromatic heterocycles. The molecule has 1 fully saturated rings. The van der Waals surface area contributed by atoms with Crippen LogP contribution in [-0.4, -0.2) is 31.6 Å². The van der Waals surface area contributed by atoms with Crippen molar-refractivity contribution in [1.29, 1.82) is 0 Å². The lowest BCUT2D eigenvalue weighted by Gasteiger charge is -2.26. The number of rotatable bonds is 4. The van der Waals surface area contributed by atoms with Crippen LogP contribution in [0.15, 0.2) is 14.3 Å². The van der Waals surface area contributed by atoms with Gasteiger partial charge in [-0.05, 0) is 76.9 Å². The van der Waals surface area contributed by atoms with E-state index in [2.05, 4.69) is 55.1 Å². The SMILES string of the molecule is CCN1CCC(CNC)C1c1cc(Br)c(Br)s1. The Bertz CT molecular complexity index is 361. The van der Waals surface area contributed by atoms with Crippen LogP contribution in [0, 0.1) is 5.92 Å². The third kappa shape index (κ3) is 2.95. The summed E-state index contributed by atoms with van der Waals surface area (Å²) in [6.45, 7) is 5.72. The Kier molecular flexibility index (Phi) is 5.06. The van der Waals surface area contributed by atoms with Gasteiger partial charge in [-0.2, -0.15) is 0 Å². The van der Waals surface area contributed by atoms with Gasteiger partial charge in [0.1, 0.15) is 0 Å². The Morgan fingerprint density at radius 1 is 1.53 bits per heavy atom. The van der Waals surface area contributed by atoms with Gasteiger partial charge >= 0.3 is 0 Å². The highest BCUT2D eigenvalue weighted by molar-refractivity contribution is 9.13. The van der Waals surface area contributed by atoms with Crippen molar-refractivity contribution in [2.75, 3.05) is 26.7 Å². The van der Waals surface area contributed by atoms with Gasteiger partial charge in [0.05, 0.1) is 3.79 Å². The van der Waals surface area contributed by atoms with Crippen LogP contribution in [0.5, 0.6) is 0 Å². The standard InChI is InChI=1S/C12H18Br2N2S/c1-3-16-5-4-8(7-15-2)11(16)10-6-9(13)12(14)17-10/h6,8,11,15H,3-5,7H2,1-2H3. The molecule has 1 aliphatic heterocycles. The van der Waals surface area contributed by atoms with E-state index in [0.29, 0.717) is 6.04 Å². The number of thiophene rings is 1. The van der Waals surface area contributed by atoms with Crippen molar-refractivity contribution in [3.8, 4) is 0 Å². The average Bonchev–Trinajstić information content (AvgIpc) is 2.84. The van der Waals surface area contributed by atoms with Crippen LogP contribution in [-0.2, 0) is 0 Å². The highest BCUT2D eigenvalue weighted by atomic mass is 79.9. The van der Waals surface area contributed by atoms with Crippen LogP contribution < -0.4 is 5.32 Å². The third-order valence-electron chi connectivity index (χ3n) is 3.46. The first kappa shape index (κ1) is 14.0. The summed E-state index contributed by atoms with van der Waals surface area (Å²) in [5.74, 6) is 0.734. The zero-order chi connectivity index (χ0) is 12.4. The molecule has 0 radical (unpaired) electrons. The van der Waals surface area contributed by atoms with Gasteiger partial charge < -0.3 is 5.32 Å². The molecule has 2 unspecified atom stereocenters. The summed E-state index contributed by atoms with van der Waals surface area (Å²) in [4.78, 5) is 4.07. The number of hydrogen-bond donors (Lipinski definition) is 1. The maximum absolute atomic E-state index is 3.60. The third-order valence-corrected chi connectivity index (χ3v) is 6.78. The fourth-order valence-electron chi connectivity index (χ4n) is 2.68. The Balaban J connectivity index is 2.24. The van der Waals surface area contributed by atoms with Crippen LogP contribution in [0.4, 0.5) is 0 Å². The van der Waals surface area contributed by atoms with Gasteiger partial charge in [0, 0.05) is 15.4 Å². The number of nitrogens with one attached hydrogen (secondary N) is 1. The van der Waals surface area contributed by atoms with Crippen molar-refractivity contribution in [2.24, 2.45) is 5.92 Å². The Hall–Kier alpha value is 0.580. The highest BCUT2D eigenvalue weighted by Crippen LogP contribution is 2.43. The summed E-state index contributed by atoms with van der Waals surface area (Å²) < 4.78 is 2.39. The molecule has 1 aliphatic rings. The molecule has 1 saturated heterocycles. The molecule has 2 nitrogen and oxygen atoms in total. The van der Waals surface area contributed by atoms with Crippen molar-refractivity contribution in [1.82, 2.24) is 10.2 Å². The summed E-state index contributed by atoms with van der Waals surface area (Å²) in [6, 6.07) is 2.86. The lowest BCUT2D eigenvalue weighted by Crippen LogP contribution is -2.28. The Labute approximate surface area is 124 Å². The minimum atomic E-state index is 0.583. The molecule has 0 spiro atoms. The molecule has 0 saturated carbocycles. The molecule has 1 N–H and O–H groups in total. The van der Waals surface area contributed by atoms with E-state index in [9.17, 15) is 0 Å². The van der Waals surface area contributed by atoms with Gasteiger partial charge in [0.25, 0.3) is 0 Å². The lowest BCUT2D eigenvalue weighted by atomic mass is 9.99. The molecule has 0 aromatic carbocycles. The second-order valence-electron chi connectivity index (χ2n) is 4.45. The highest BCUT2D eigenvalue weighted by Gasteiger charge is 2.35. The molecule has 17 heavy (non-hydrogen) atoms. The maximum Gasteiger partial charge on any atom is 0.0843 e. The first-order chi connectivity index (χ1) is 8.17. The van der Waals surface area contributed by atoms with Gasteiger partial charge in [-0.1, -0.05) is 6.92 Å². The fourth-order valence-corrected chi connectivity index (χ4v) is 5.00. The normalized spacial score (nSPS) is 25.6. The predicted molar refractivity (Wildman–Crippen MR) is 81.7 cm³/mol. The summed E-state index contributed by atoms with van der Waals surface area (Å²) in [5, 5.41) is 3.33. The molecular weight excluding hydrogens is 364 g/mol. The molecule has 96 valence electrons. The second-order valence-corrected chi connectivity index (χ2v) is 7.71. The average molecular weight is 382 g/mol. The van der Waals surface area contributed by atoms with Gasteiger partial charge in [0.15, 0.2) is 0 Å². The maximum atomic E-state index is 3.60. The predicted octanol–water partition coefficient (Wildman–Crippen LogP) is 3.88. The van der Waals surface area contributed by atoms with E-state index in [1.54, 1.807) is 0 Å². The van der Waals surface area contributed by atoms with Gasteiger partial charge in [-0.25, -0.2) is 0 Å². The van der Waals surface area contributed by atoms with E-state index in [1.165, 1.54) is 26.1 Å². The van der Waals surface area contributed by atoms with Gasteiger partial charge in [-0.15, -0.1) is 11.3 Å². The number of hydrogen-bond acceptors (Lipinski definition) is 3. The van der Waals surface area contributed by atoms with E-state index in [0.717, 1.165) is 19.0 Å². The van der Waals surface area contributed by atoms with E-state index in [1.807, 2.05) is 18.4 Å². The summed E-state index contributed by atoms with van der Waals surface area (Å²) in [6.07, 6.45) is 1.30. The summed E-state index contributed by atoms with van der Waals surface area (Å²) >= 11 is 9.06. The molecule has 1 aromatic rings. The smallest absolute Gasteiger partial charge is 0.0843 e. The molecule has 2 atom stereocenters. The van der Waals surface area contributed by atoms with Crippen molar-refractivity contribution < 1.29 is 0 Å². The van der Waals surface area contributed by atoms with Crippen LogP contribution in [0.3, 0.4) is 0 Å². The lowest BCUT2D eigenvalue weighted by molar-refractivity contribution is 0.242. The van der Waals surface area contributed by atoms with Crippen molar-refractivity contribution in [2.45, 2.75) is 19.4 Å². The summed E-state index contributed by atoms with van der Waals surface area (Å²) in [5.41, 5.74) is 0. The first-order valence-electron chi connectivity index (χ1n) is 6.00. The van der Waals surface area contributed by atoms with E-state index in [-0.39, 0.29) is 0 Å². The largest absolute Gasteiger partial charge is 0.319 e. The van der Waals surface area contributed by atoms with Crippen LogP contribution in [0.25, 0.3) is 0 Å². The number of nitrogens with zero attached hydrogens (tertiary/aromatic N) is 1. The van der Waals surface area contributed by atoms with Crippen molar-refractivity contribution in [3.05, 3.63) is 19.2 Å². The fraction of sp³-hybridized carbons (Fsp3) is 0.667. The van der Waals surface area contributed by atoms with E-state index >= 15 is 0 Å². The molecule has 0 amide bonds. The number of halogens is 2. The minimum Gasteiger partial charge on any atom is -0.319 e. The zero-order valence-corrected chi connectivity index (χ0v) is 14.2.